The molecule has 0 fully saturated rings. The molecule has 0 spiro atoms. The summed E-state index contributed by atoms with van der Waals surface area (Å²) in [4.78, 5) is 4.41. The summed E-state index contributed by atoms with van der Waals surface area (Å²) in [5, 5.41) is 8.46. The quantitative estimate of drug-likeness (QED) is 0.775. The van der Waals surface area contributed by atoms with Crippen LogP contribution in [0.2, 0.25) is 5.02 Å². The number of nitrogens with zero attached hydrogens (tertiary/aromatic N) is 4. The van der Waals surface area contributed by atoms with Gasteiger partial charge in [-0.1, -0.05) is 11.6 Å². The van der Waals surface area contributed by atoms with E-state index >= 15 is 0 Å². The first-order valence-electron chi connectivity index (χ1n) is 6.80. The Labute approximate surface area is 138 Å². The Morgan fingerprint density at radius 2 is 1.87 bits per heavy atom. The highest BCUT2D eigenvalue weighted by molar-refractivity contribution is 7.89. The van der Waals surface area contributed by atoms with E-state index in [0.29, 0.717) is 16.6 Å². The third-order valence-corrected chi connectivity index (χ3v) is 4.97. The molecule has 1 aromatic carbocycles. The van der Waals surface area contributed by atoms with Crippen LogP contribution in [0.5, 0.6) is 0 Å². The minimum atomic E-state index is -3.65. The van der Waals surface area contributed by atoms with Crippen molar-refractivity contribution in [2.24, 2.45) is 0 Å². The number of hydrogen-bond donors (Lipinski definition) is 1. The van der Waals surface area contributed by atoms with Crippen LogP contribution >= 0.6 is 11.6 Å². The molecule has 0 unspecified atom stereocenters. The maximum Gasteiger partial charge on any atom is 0.255 e. The molecule has 3 aromatic rings. The van der Waals surface area contributed by atoms with Crippen LogP contribution in [-0.2, 0) is 16.6 Å². The maximum atomic E-state index is 12.3. The van der Waals surface area contributed by atoms with Gasteiger partial charge in [0.25, 0.3) is 5.78 Å². The van der Waals surface area contributed by atoms with E-state index in [0.717, 1.165) is 11.4 Å². The van der Waals surface area contributed by atoms with Crippen molar-refractivity contribution < 1.29 is 8.42 Å². The van der Waals surface area contributed by atoms with Crippen molar-refractivity contribution in [2.45, 2.75) is 25.3 Å². The average molecular weight is 352 g/mol. The van der Waals surface area contributed by atoms with Gasteiger partial charge in [0, 0.05) is 16.4 Å². The molecule has 0 saturated carbocycles. The summed E-state index contributed by atoms with van der Waals surface area (Å²) in [7, 11) is -3.65. The zero-order valence-corrected chi connectivity index (χ0v) is 14.1. The molecule has 0 atom stereocenters. The summed E-state index contributed by atoms with van der Waals surface area (Å²) in [6.07, 6.45) is 0. The van der Waals surface area contributed by atoms with Crippen molar-refractivity contribution >= 4 is 27.4 Å². The Kier molecular flexibility index (Phi) is 4.05. The number of rotatable bonds is 4. The van der Waals surface area contributed by atoms with Crippen molar-refractivity contribution in [1.82, 2.24) is 24.3 Å². The predicted octanol–water partition coefficient (Wildman–Crippen LogP) is 1.87. The Hall–Kier alpha value is -2.03. The number of halogens is 1. The summed E-state index contributed by atoms with van der Waals surface area (Å²) in [6.45, 7) is 3.77. The number of nitrogens with one attached hydrogen (secondary N) is 1. The molecular formula is C14H14ClN5O2S. The zero-order chi connectivity index (χ0) is 16.6. The van der Waals surface area contributed by atoms with Gasteiger partial charge in [0.2, 0.25) is 10.0 Å². The van der Waals surface area contributed by atoms with E-state index in [-0.39, 0.29) is 11.4 Å². The number of hydrogen-bond acceptors (Lipinski definition) is 5. The lowest BCUT2D eigenvalue weighted by atomic mass is 10.3. The summed E-state index contributed by atoms with van der Waals surface area (Å²) in [5.74, 6) is 0.922. The van der Waals surface area contributed by atoms with Crippen LogP contribution in [0, 0.1) is 13.8 Å². The Morgan fingerprint density at radius 1 is 1.17 bits per heavy atom. The molecule has 120 valence electrons. The molecule has 2 aromatic heterocycles. The number of fused-ring (bicyclic) bond motifs is 1. The molecule has 0 radical (unpaired) electrons. The van der Waals surface area contributed by atoms with Crippen molar-refractivity contribution in [1.29, 1.82) is 0 Å². The minimum Gasteiger partial charge on any atom is -0.266 e. The standard InChI is InChI=1S/C14H14ClN5O2S/c1-9-7-10(2)20-13(18-19-14(20)17-9)8-16-23(21,22)12-5-3-11(15)4-6-12/h3-7,16H,8H2,1-2H3. The highest BCUT2D eigenvalue weighted by Crippen LogP contribution is 2.14. The van der Waals surface area contributed by atoms with Crippen molar-refractivity contribution in [3.8, 4) is 0 Å². The largest absolute Gasteiger partial charge is 0.266 e. The lowest BCUT2D eigenvalue weighted by Crippen LogP contribution is -2.24. The maximum absolute atomic E-state index is 12.3. The van der Waals surface area contributed by atoms with Gasteiger partial charge in [-0.25, -0.2) is 18.1 Å². The fourth-order valence-electron chi connectivity index (χ4n) is 2.27. The second-order valence-corrected chi connectivity index (χ2v) is 7.27. The van der Waals surface area contributed by atoms with E-state index in [1.165, 1.54) is 24.3 Å². The smallest absolute Gasteiger partial charge is 0.255 e. The van der Waals surface area contributed by atoms with Gasteiger partial charge in [-0.2, -0.15) is 0 Å². The summed E-state index contributed by atoms with van der Waals surface area (Å²) in [5.41, 5.74) is 1.72. The van der Waals surface area contributed by atoms with Gasteiger partial charge in [0.05, 0.1) is 11.4 Å². The SMILES string of the molecule is Cc1cc(C)n2c(CNS(=O)(=O)c3ccc(Cl)cc3)nnc2n1. The molecule has 23 heavy (non-hydrogen) atoms. The second kappa shape index (κ2) is 5.88. The van der Waals surface area contributed by atoms with Crippen molar-refractivity contribution in [3.63, 3.8) is 0 Å². The lowest BCUT2D eigenvalue weighted by Gasteiger charge is -2.07. The summed E-state index contributed by atoms with van der Waals surface area (Å²) >= 11 is 5.77. The molecule has 0 aliphatic carbocycles. The fourth-order valence-corrected chi connectivity index (χ4v) is 3.38. The van der Waals surface area contributed by atoms with Crippen LogP contribution in [-0.4, -0.2) is 28.0 Å². The summed E-state index contributed by atoms with van der Waals surface area (Å²) < 4.78 is 28.8. The van der Waals surface area contributed by atoms with Crippen LogP contribution in [0.25, 0.3) is 5.78 Å². The molecule has 2 heterocycles. The van der Waals surface area contributed by atoms with Gasteiger partial charge in [-0.05, 0) is 44.2 Å². The highest BCUT2D eigenvalue weighted by Gasteiger charge is 2.16. The van der Waals surface area contributed by atoms with Gasteiger partial charge < -0.3 is 0 Å². The second-order valence-electron chi connectivity index (χ2n) is 5.07. The van der Waals surface area contributed by atoms with Gasteiger partial charge >= 0.3 is 0 Å². The Morgan fingerprint density at radius 3 is 2.57 bits per heavy atom. The van der Waals surface area contributed by atoms with Crippen LogP contribution in [0.1, 0.15) is 17.2 Å². The molecule has 7 nitrogen and oxygen atoms in total. The third kappa shape index (κ3) is 3.19. The Balaban J connectivity index is 1.87. The fraction of sp³-hybridized carbons (Fsp3) is 0.214. The predicted molar refractivity (Wildman–Crippen MR) is 85.7 cm³/mol. The first kappa shape index (κ1) is 15.9. The van der Waals surface area contributed by atoms with Gasteiger partial charge in [0.15, 0.2) is 5.82 Å². The van der Waals surface area contributed by atoms with Crippen LogP contribution < -0.4 is 4.72 Å². The summed E-state index contributed by atoms with van der Waals surface area (Å²) in [6, 6.07) is 7.83. The average Bonchev–Trinajstić information content (AvgIpc) is 2.89. The topological polar surface area (TPSA) is 89.2 Å². The monoisotopic (exact) mass is 351 g/mol. The number of benzene rings is 1. The van der Waals surface area contributed by atoms with E-state index in [1.807, 2.05) is 19.9 Å². The molecule has 9 heteroatoms. The van der Waals surface area contributed by atoms with Gasteiger partial charge in [-0.15, -0.1) is 10.2 Å². The van der Waals surface area contributed by atoms with Gasteiger partial charge in [-0.3, -0.25) is 4.40 Å². The molecule has 0 aliphatic rings. The van der Waals surface area contributed by atoms with Crippen LogP contribution in [0.4, 0.5) is 0 Å². The number of sulfonamides is 1. The molecule has 0 bridgehead atoms. The zero-order valence-electron chi connectivity index (χ0n) is 12.5. The minimum absolute atomic E-state index is 0.0116. The van der Waals surface area contributed by atoms with E-state index in [1.54, 1.807) is 4.40 Å². The van der Waals surface area contributed by atoms with E-state index < -0.39 is 10.0 Å². The van der Waals surface area contributed by atoms with Crippen molar-refractivity contribution in [3.05, 3.63) is 52.6 Å². The molecule has 0 amide bonds. The van der Waals surface area contributed by atoms with E-state index in [9.17, 15) is 8.42 Å². The number of aromatic nitrogens is 4. The number of aryl methyl sites for hydroxylation is 2. The third-order valence-electron chi connectivity index (χ3n) is 3.30. The van der Waals surface area contributed by atoms with Gasteiger partial charge in [0.1, 0.15) is 0 Å². The van der Waals surface area contributed by atoms with Crippen LogP contribution in [0.15, 0.2) is 35.2 Å². The van der Waals surface area contributed by atoms with E-state index in [2.05, 4.69) is 19.9 Å². The molecule has 1 N–H and O–H groups in total. The highest BCUT2D eigenvalue weighted by atomic mass is 35.5. The molecular weight excluding hydrogens is 338 g/mol. The first-order chi connectivity index (χ1) is 10.9. The van der Waals surface area contributed by atoms with Crippen LogP contribution in [0.3, 0.4) is 0 Å². The first-order valence-corrected chi connectivity index (χ1v) is 8.66. The molecule has 0 aliphatic heterocycles. The molecule has 0 saturated heterocycles. The Bertz CT molecular complexity index is 967. The lowest BCUT2D eigenvalue weighted by molar-refractivity contribution is 0.578. The van der Waals surface area contributed by atoms with Crippen molar-refractivity contribution in [2.75, 3.05) is 0 Å². The normalized spacial score (nSPS) is 12.0. The molecule has 3 rings (SSSR count). The van der Waals surface area contributed by atoms with E-state index in [4.69, 9.17) is 11.6 Å².